The second-order valence-corrected chi connectivity index (χ2v) is 4.89. The van der Waals surface area contributed by atoms with Crippen molar-refractivity contribution in [1.82, 2.24) is 0 Å². The third-order valence-corrected chi connectivity index (χ3v) is 3.75. The molecule has 0 saturated carbocycles. The standard InChI is InChI=1S/C13H11ClN2S/c1-9-7-17-8-11(9)6-16-13-3-2-10(5-15)4-12(13)14/h2-4,7-8,16H,6H2,1H3. The zero-order valence-corrected chi connectivity index (χ0v) is 10.9. The normalized spacial score (nSPS) is 9.94. The van der Waals surface area contributed by atoms with Gasteiger partial charge in [0.15, 0.2) is 0 Å². The second-order valence-electron chi connectivity index (χ2n) is 3.74. The van der Waals surface area contributed by atoms with Crippen molar-refractivity contribution in [1.29, 1.82) is 5.26 Å². The van der Waals surface area contributed by atoms with E-state index in [9.17, 15) is 0 Å². The molecule has 0 radical (unpaired) electrons. The van der Waals surface area contributed by atoms with Gasteiger partial charge in [0.2, 0.25) is 0 Å². The van der Waals surface area contributed by atoms with Crippen LogP contribution in [0.5, 0.6) is 0 Å². The summed E-state index contributed by atoms with van der Waals surface area (Å²) >= 11 is 7.77. The summed E-state index contributed by atoms with van der Waals surface area (Å²) < 4.78 is 0. The summed E-state index contributed by atoms with van der Waals surface area (Å²) in [5.41, 5.74) is 3.99. The molecule has 0 fully saturated rings. The average Bonchev–Trinajstić information content (AvgIpc) is 2.73. The second kappa shape index (κ2) is 5.22. The van der Waals surface area contributed by atoms with E-state index in [1.165, 1.54) is 11.1 Å². The molecule has 0 aliphatic heterocycles. The average molecular weight is 263 g/mol. The molecule has 2 rings (SSSR count). The SMILES string of the molecule is Cc1cscc1CNc1ccc(C#N)cc1Cl. The molecular weight excluding hydrogens is 252 g/mol. The van der Waals surface area contributed by atoms with Gasteiger partial charge in [-0.15, -0.1) is 0 Å². The summed E-state index contributed by atoms with van der Waals surface area (Å²) in [5, 5.41) is 16.8. The molecule has 0 unspecified atom stereocenters. The van der Waals surface area contributed by atoms with E-state index in [1.807, 2.05) is 6.07 Å². The molecule has 0 aliphatic carbocycles. The lowest BCUT2D eigenvalue weighted by molar-refractivity contribution is 1.14. The summed E-state index contributed by atoms with van der Waals surface area (Å²) in [6.07, 6.45) is 0. The Morgan fingerprint density at radius 1 is 1.41 bits per heavy atom. The van der Waals surface area contributed by atoms with Crippen LogP contribution >= 0.6 is 22.9 Å². The van der Waals surface area contributed by atoms with Crippen LogP contribution in [0, 0.1) is 18.3 Å². The zero-order chi connectivity index (χ0) is 12.3. The molecule has 0 amide bonds. The minimum absolute atomic E-state index is 0.576. The smallest absolute Gasteiger partial charge is 0.0992 e. The number of benzene rings is 1. The molecule has 2 nitrogen and oxygen atoms in total. The number of aryl methyl sites for hydroxylation is 1. The van der Waals surface area contributed by atoms with Gasteiger partial charge in [0, 0.05) is 6.54 Å². The van der Waals surface area contributed by atoms with E-state index < -0.39 is 0 Å². The van der Waals surface area contributed by atoms with Gasteiger partial charge in [-0.05, 0) is 47.0 Å². The van der Waals surface area contributed by atoms with Gasteiger partial charge >= 0.3 is 0 Å². The van der Waals surface area contributed by atoms with Gasteiger partial charge in [0.1, 0.15) is 0 Å². The maximum absolute atomic E-state index is 8.74. The Bertz CT molecular complexity index is 569. The highest BCUT2D eigenvalue weighted by atomic mass is 35.5. The maximum Gasteiger partial charge on any atom is 0.0992 e. The fourth-order valence-corrected chi connectivity index (χ4v) is 2.59. The Balaban J connectivity index is 2.10. The monoisotopic (exact) mass is 262 g/mol. The molecule has 1 heterocycles. The minimum Gasteiger partial charge on any atom is -0.380 e. The molecule has 17 heavy (non-hydrogen) atoms. The molecule has 0 aliphatic rings. The van der Waals surface area contributed by atoms with Crippen molar-refractivity contribution in [2.24, 2.45) is 0 Å². The van der Waals surface area contributed by atoms with E-state index in [0.29, 0.717) is 10.6 Å². The van der Waals surface area contributed by atoms with Crippen LogP contribution in [0.25, 0.3) is 0 Å². The summed E-state index contributed by atoms with van der Waals surface area (Å²) in [4.78, 5) is 0. The highest BCUT2D eigenvalue weighted by Gasteiger charge is 2.03. The highest BCUT2D eigenvalue weighted by molar-refractivity contribution is 7.08. The first-order valence-corrected chi connectivity index (χ1v) is 6.48. The summed E-state index contributed by atoms with van der Waals surface area (Å²) in [6, 6.07) is 7.33. The number of rotatable bonds is 3. The molecule has 0 saturated heterocycles. The highest BCUT2D eigenvalue weighted by Crippen LogP contribution is 2.24. The van der Waals surface area contributed by atoms with Crippen molar-refractivity contribution < 1.29 is 0 Å². The predicted octanol–water partition coefficient (Wildman–Crippen LogP) is 4.19. The van der Waals surface area contributed by atoms with Crippen LogP contribution in [0.2, 0.25) is 5.02 Å². The molecule has 4 heteroatoms. The third kappa shape index (κ3) is 2.79. The van der Waals surface area contributed by atoms with Crippen LogP contribution in [0.15, 0.2) is 29.0 Å². The van der Waals surface area contributed by atoms with E-state index in [-0.39, 0.29) is 0 Å². The number of nitrogens with zero attached hydrogens (tertiary/aromatic N) is 1. The van der Waals surface area contributed by atoms with E-state index in [1.54, 1.807) is 23.5 Å². The number of nitrogens with one attached hydrogen (secondary N) is 1. The van der Waals surface area contributed by atoms with Crippen molar-refractivity contribution in [3.8, 4) is 6.07 Å². The Labute approximate surface area is 109 Å². The minimum atomic E-state index is 0.576. The Morgan fingerprint density at radius 3 is 2.82 bits per heavy atom. The van der Waals surface area contributed by atoms with E-state index in [2.05, 4.69) is 29.1 Å². The molecule has 0 spiro atoms. The Kier molecular flexibility index (Phi) is 3.68. The quantitative estimate of drug-likeness (QED) is 0.900. The first-order chi connectivity index (χ1) is 8.20. The molecule has 2 aromatic rings. The van der Waals surface area contributed by atoms with E-state index in [0.717, 1.165) is 12.2 Å². The fourth-order valence-electron chi connectivity index (χ4n) is 1.49. The van der Waals surface area contributed by atoms with Crippen molar-refractivity contribution in [2.45, 2.75) is 13.5 Å². The van der Waals surface area contributed by atoms with Crippen LogP contribution in [0.4, 0.5) is 5.69 Å². The van der Waals surface area contributed by atoms with Crippen LogP contribution in [-0.4, -0.2) is 0 Å². The third-order valence-electron chi connectivity index (χ3n) is 2.53. The van der Waals surface area contributed by atoms with Gasteiger partial charge in [-0.2, -0.15) is 16.6 Å². The fraction of sp³-hybridized carbons (Fsp3) is 0.154. The molecule has 0 bridgehead atoms. The first kappa shape index (κ1) is 12.0. The lowest BCUT2D eigenvalue weighted by Gasteiger charge is -2.08. The summed E-state index contributed by atoms with van der Waals surface area (Å²) in [5.74, 6) is 0. The largest absolute Gasteiger partial charge is 0.380 e. The van der Waals surface area contributed by atoms with Gasteiger partial charge in [0.25, 0.3) is 0 Å². The molecule has 1 aromatic carbocycles. The van der Waals surface area contributed by atoms with E-state index >= 15 is 0 Å². The van der Waals surface area contributed by atoms with Gasteiger partial charge < -0.3 is 5.32 Å². The first-order valence-electron chi connectivity index (χ1n) is 5.16. The molecule has 1 N–H and O–H groups in total. The van der Waals surface area contributed by atoms with Crippen molar-refractivity contribution in [3.05, 3.63) is 50.7 Å². The van der Waals surface area contributed by atoms with Crippen molar-refractivity contribution in [3.63, 3.8) is 0 Å². The number of nitriles is 1. The topological polar surface area (TPSA) is 35.8 Å². The van der Waals surface area contributed by atoms with Crippen molar-refractivity contribution >= 4 is 28.6 Å². The van der Waals surface area contributed by atoms with Crippen LogP contribution in [0.1, 0.15) is 16.7 Å². The number of halogens is 1. The van der Waals surface area contributed by atoms with Gasteiger partial charge in [0.05, 0.1) is 22.3 Å². The van der Waals surface area contributed by atoms with E-state index in [4.69, 9.17) is 16.9 Å². The van der Waals surface area contributed by atoms with Crippen molar-refractivity contribution in [2.75, 3.05) is 5.32 Å². The molecule has 86 valence electrons. The van der Waals surface area contributed by atoms with Crippen LogP contribution < -0.4 is 5.32 Å². The predicted molar refractivity (Wildman–Crippen MR) is 72.5 cm³/mol. The number of hydrogen-bond acceptors (Lipinski definition) is 3. The summed E-state index contributed by atoms with van der Waals surface area (Å²) in [7, 11) is 0. The molecular formula is C13H11ClN2S. The molecule has 0 atom stereocenters. The maximum atomic E-state index is 8.74. The van der Waals surface area contributed by atoms with Gasteiger partial charge in [-0.25, -0.2) is 0 Å². The van der Waals surface area contributed by atoms with Gasteiger partial charge in [-0.1, -0.05) is 11.6 Å². The van der Waals surface area contributed by atoms with Gasteiger partial charge in [-0.3, -0.25) is 0 Å². The Morgan fingerprint density at radius 2 is 2.24 bits per heavy atom. The zero-order valence-electron chi connectivity index (χ0n) is 9.33. The molecule has 1 aromatic heterocycles. The number of hydrogen-bond donors (Lipinski definition) is 1. The number of anilines is 1. The Hall–Kier alpha value is -1.50. The summed E-state index contributed by atoms with van der Waals surface area (Å²) in [6.45, 7) is 2.84. The lowest BCUT2D eigenvalue weighted by Crippen LogP contribution is -2.00. The van der Waals surface area contributed by atoms with Crippen LogP contribution in [0.3, 0.4) is 0 Å². The van der Waals surface area contributed by atoms with Crippen LogP contribution in [-0.2, 0) is 6.54 Å². The lowest BCUT2D eigenvalue weighted by atomic mass is 10.2. The number of thiophene rings is 1.